The predicted molar refractivity (Wildman–Crippen MR) is 33.0 cm³/mol. The van der Waals surface area contributed by atoms with Gasteiger partial charge in [-0.15, -0.1) is 0 Å². The van der Waals surface area contributed by atoms with Crippen LogP contribution in [-0.2, 0) is 0 Å². The zero-order chi connectivity index (χ0) is 7.72. The van der Waals surface area contributed by atoms with Crippen LogP contribution in [0.25, 0.3) is 0 Å². The van der Waals surface area contributed by atoms with Gasteiger partial charge in [0.05, 0.1) is 6.08 Å². The van der Waals surface area contributed by atoms with Gasteiger partial charge in [0.25, 0.3) is 0 Å². The normalized spacial score (nSPS) is 18.6. The van der Waals surface area contributed by atoms with E-state index in [0.29, 0.717) is 0 Å². The lowest BCUT2D eigenvalue weighted by Crippen LogP contribution is -2.43. The lowest BCUT2D eigenvalue weighted by atomic mass is 10.1. The van der Waals surface area contributed by atoms with Crippen LogP contribution in [-0.4, -0.2) is 11.4 Å². The van der Waals surface area contributed by atoms with Gasteiger partial charge < -0.3 is 0 Å². The Labute approximate surface area is 55.9 Å². The van der Waals surface area contributed by atoms with Crippen LogP contribution in [0.5, 0.6) is 0 Å². The summed E-state index contributed by atoms with van der Waals surface area (Å²) in [5, 5.41) is 12.0. The molecular weight excluding hydrogens is 138 g/mol. The molecule has 0 fully saturated rings. The van der Waals surface area contributed by atoms with Gasteiger partial charge in [-0.3, -0.25) is 10.8 Å². The van der Waals surface area contributed by atoms with E-state index in [0.717, 1.165) is 12.2 Å². The quantitative estimate of drug-likeness (QED) is 0.446. The zero-order valence-corrected chi connectivity index (χ0v) is 4.99. The van der Waals surface area contributed by atoms with Crippen LogP contribution in [0.2, 0.25) is 0 Å². The maximum absolute atomic E-state index is 12.2. The molecule has 1 aliphatic rings. The topological polar surface area (TPSA) is 49.4 Å². The number of hydrogen-bond donors (Lipinski definition) is 2. The lowest BCUT2D eigenvalue weighted by Gasteiger charge is -1.98. The Balaban J connectivity index is 3.06. The van der Waals surface area contributed by atoms with Gasteiger partial charge in [-0.05, 0) is 0 Å². The molecule has 0 saturated carbocycles. The van der Waals surface area contributed by atoms with Crippen LogP contribution in [0.3, 0.4) is 0 Å². The summed E-state index contributed by atoms with van der Waals surface area (Å²) in [6, 6.07) is 0. The van der Waals surface area contributed by atoms with Crippen molar-refractivity contribution >= 4 is 11.4 Å². The molecule has 3 N–H and O–H groups in total. The second-order valence-electron chi connectivity index (χ2n) is 1.85. The van der Waals surface area contributed by atoms with E-state index in [1.54, 1.807) is 0 Å². The van der Waals surface area contributed by atoms with Crippen LogP contribution in [0.4, 0.5) is 8.78 Å². The minimum atomic E-state index is -1.04. The summed E-state index contributed by atoms with van der Waals surface area (Å²) in [7, 11) is 0. The molecule has 1 rings (SSSR count). The number of nitrogens with two attached hydrogens (primary N) is 1. The van der Waals surface area contributed by atoms with Gasteiger partial charge in [-0.25, -0.2) is 8.78 Å². The monoisotopic (exact) mass is 143 g/mol. The van der Waals surface area contributed by atoms with Crippen LogP contribution in [0.1, 0.15) is 0 Å². The second-order valence-corrected chi connectivity index (χ2v) is 1.85. The molecule has 4 heteroatoms. The van der Waals surface area contributed by atoms with E-state index in [1.165, 1.54) is 0 Å². The molecule has 1 aliphatic carbocycles. The third-order valence-electron chi connectivity index (χ3n) is 1.09. The molecule has 0 bridgehead atoms. The first-order valence-corrected chi connectivity index (χ1v) is 2.57. The summed E-state index contributed by atoms with van der Waals surface area (Å²) in [5.41, 5.74) is -0.252. The summed E-state index contributed by atoms with van der Waals surface area (Å²) in [5.74, 6) is -2.06. The van der Waals surface area contributed by atoms with E-state index in [4.69, 9.17) is 10.8 Å². The Kier molecular flexibility index (Phi) is 1.45. The van der Waals surface area contributed by atoms with E-state index in [1.807, 2.05) is 0 Å². The Hall–Kier alpha value is -1.32. The molecule has 0 amide bonds. The minimum Gasteiger partial charge on any atom is -0.294 e. The van der Waals surface area contributed by atoms with Gasteiger partial charge in [0.2, 0.25) is 5.71 Å². The number of allylic oxidation sites excluding steroid dienone is 4. The van der Waals surface area contributed by atoms with Gasteiger partial charge in [0.1, 0.15) is 5.71 Å². The van der Waals surface area contributed by atoms with Crippen molar-refractivity contribution in [3.05, 3.63) is 23.8 Å². The van der Waals surface area contributed by atoms with Crippen molar-refractivity contribution in [2.45, 2.75) is 0 Å². The number of hydrogen-bond acceptors (Lipinski definition) is 1. The Morgan fingerprint density at radius 3 is 2.20 bits per heavy atom. The molecule has 0 saturated heterocycles. The summed E-state index contributed by atoms with van der Waals surface area (Å²) in [4.78, 5) is 0. The van der Waals surface area contributed by atoms with Crippen molar-refractivity contribution in [1.29, 1.82) is 5.41 Å². The average molecular weight is 143 g/mol. The Morgan fingerprint density at radius 1 is 1.20 bits per heavy atom. The molecule has 0 heterocycles. The van der Waals surface area contributed by atoms with Crippen molar-refractivity contribution in [3.8, 4) is 0 Å². The third kappa shape index (κ3) is 1.00. The van der Waals surface area contributed by atoms with Crippen molar-refractivity contribution in [2.75, 3.05) is 0 Å². The standard InChI is InChI=1S/C6H4F2N2/c7-3-1-5(9)6(10)2-4(3)8/h1-2,9-10H/p+1. The second kappa shape index (κ2) is 2.13. The molecule has 0 unspecified atom stereocenters. The van der Waals surface area contributed by atoms with Crippen molar-refractivity contribution in [2.24, 2.45) is 0 Å². The van der Waals surface area contributed by atoms with Gasteiger partial charge >= 0.3 is 0 Å². The molecule has 52 valence electrons. The fourth-order valence-electron chi connectivity index (χ4n) is 0.562. The highest BCUT2D eigenvalue weighted by Crippen LogP contribution is 2.16. The summed E-state index contributed by atoms with van der Waals surface area (Å²) < 4.78 is 24.4. The van der Waals surface area contributed by atoms with Crippen LogP contribution >= 0.6 is 0 Å². The number of rotatable bonds is 0. The molecule has 0 aromatic rings. The molecule has 10 heavy (non-hydrogen) atoms. The third-order valence-corrected chi connectivity index (χ3v) is 1.09. The molecule has 2 nitrogen and oxygen atoms in total. The first-order valence-electron chi connectivity index (χ1n) is 2.57. The number of halogens is 2. The lowest BCUT2D eigenvalue weighted by molar-refractivity contribution is -0.109. The first kappa shape index (κ1) is 6.80. The van der Waals surface area contributed by atoms with E-state index >= 15 is 0 Å². The van der Waals surface area contributed by atoms with E-state index in [2.05, 4.69) is 0 Å². The fourth-order valence-corrected chi connectivity index (χ4v) is 0.562. The average Bonchev–Trinajstić information content (AvgIpc) is 1.84. The largest absolute Gasteiger partial charge is 0.294 e. The predicted octanol–water partition coefficient (Wildman–Crippen LogP) is -0.0733. The first-order chi connectivity index (χ1) is 4.61. The summed E-state index contributed by atoms with van der Waals surface area (Å²) >= 11 is 0. The Morgan fingerprint density at radius 2 is 1.70 bits per heavy atom. The smallest absolute Gasteiger partial charge is 0.225 e. The molecule has 0 aromatic heterocycles. The maximum Gasteiger partial charge on any atom is 0.225 e. The zero-order valence-electron chi connectivity index (χ0n) is 4.99. The van der Waals surface area contributed by atoms with Crippen molar-refractivity contribution in [1.82, 2.24) is 0 Å². The molecule has 0 aromatic carbocycles. The summed E-state index contributed by atoms with van der Waals surface area (Å²) in [6.45, 7) is 0. The maximum atomic E-state index is 12.2. The van der Waals surface area contributed by atoms with Gasteiger partial charge in [-0.2, -0.15) is 0 Å². The van der Waals surface area contributed by atoms with Crippen LogP contribution in [0, 0.1) is 5.41 Å². The minimum absolute atomic E-state index is 0.0566. The SMILES string of the molecule is N=C1C=C(F)C(F)=CC1=[NH2+]. The number of nitrogens with one attached hydrogen (secondary N) is 1. The van der Waals surface area contributed by atoms with E-state index < -0.39 is 11.7 Å². The van der Waals surface area contributed by atoms with E-state index in [9.17, 15) is 8.78 Å². The molecule has 0 aliphatic heterocycles. The fraction of sp³-hybridized carbons (Fsp3) is 0. The molecular formula is C6H5F2N2+. The van der Waals surface area contributed by atoms with Gasteiger partial charge in [0, 0.05) is 6.08 Å². The molecule has 0 atom stereocenters. The highest BCUT2D eigenvalue weighted by Gasteiger charge is 2.17. The van der Waals surface area contributed by atoms with Gasteiger partial charge in [-0.1, -0.05) is 0 Å². The summed E-state index contributed by atoms with van der Waals surface area (Å²) in [6.07, 6.45) is 1.53. The van der Waals surface area contributed by atoms with Crippen molar-refractivity contribution in [3.63, 3.8) is 0 Å². The highest BCUT2D eigenvalue weighted by atomic mass is 19.2. The van der Waals surface area contributed by atoms with Gasteiger partial charge in [0.15, 0.2) is 11.7 Å². The van der Waals surface area contributed by atoms with Crippen LogP contribution in [0.15, 0.2) is 23.8 Å². The van der Waals surface area contributed by atoms with Crippen molar-refractivity contribution < 1.29 is 14.2 Å². The highest BCUT2D eigenvalue weighted by molar-refractivity contribution is 6.47. The van der Waals surface area contributed by atoms with E-state index in [-0.39, 0.29) is 11.4 Å². The molecule has 0 spiro atoms. The Bertz CT molecular complexity index is 235. The van der Waals surface area contributed by atoms with Crippen LogP contribution < -0.4 is 5.41 Å². The molecule has 0 radical (unpaired) electrons.